The summed E-state index contributed by atoms with van der Waals surface area (Å²) in [6, 6.07) is -0.519. The van der Waals surface area contributed by atoms with Crippen LogP contribution in [0.25, 0.3) is 0 Å². The average molecular weight is 627 g/mol. The molecule has 16 heteroatoms. The highest BCUT2D eigenvalue weighted by Crippen LogP contribution is 2.55. The van der Waals surface area contributed by atoms with Gasteiger partial charge in [0.05, 0.1) is 42.6 Å². The van der Waals surface area contributed by atoms with Gasteiger partial charge in [-0.3, -0.25) is 14.0 Å². The number of hydrogen-bond donors (Lipinski definition) is 5. The van der Waals surface area contributed by atoms with Crippen molar-refractivity contribution < 1.29 is 28.3 Å². The molecule has 0 aromatic carbocycles. The van der Waals surface area contributed by atoms with Gasteiger partial charge in [0.15, 0.2) is 5.96 Å². The lowest BCUT2D eigenvalue weighted by molar-refractivity contribution is -0.119. The number of hydrogen-bond acceptors (Lipinski definition) is 9. The van der Waals surface area contributed by atoms with E-state index in [0.717, 1.165) is 18.6 Å². The van der Waals surface area contributed by atoms with Crippen LogP contribution in [0.5, 0.6) is 0 Å². The van der Waals surface area contributed by atoms with Gasteiger partial charge in [0, 0.05) is 60.7 Å². The first kappa shape index (κ1) is 32.5. The molecular formula is C26H43N8O6PS. The van der Waals surface area contributed by atoms with Crippen LogP contribution in [0.3, 0.4) is 0 Å². The molecule has 0 saturated carbocycles. The van der Waals surface area contributed by atoms with Crippen molar-refractivity contribution in [3.63, 3.8) is 0 Å². The summed E-state index contributed by atoms with van der Waals surface area (Å²) in [4.78, 5) is 39.3. The first-order chi connectivity index (χ1) is 20.0. The molecule has 1 aromatic heterocycles. The molecule has 1 aliphatic carbocycles. The van der Waals surface area contributed by atoms with E-state index < -0.39 is 19.7 Å². The Morgan fingerprint density at radius 2 is 2.10 bits per heavy atom. The van der Waals surface area contributed by atoms with E-state index in [1.165, 1.54) is 0 Å². The van der Waals surface area contributed by atoms with Crippen molar-refractivity contribution in [1.29, 1.82) is 0 Å². The minimum absolute atomic E-state index is 0.00559. The Morgan fingerprint density at radius 1 is 1.33 bits per heavy atom. The first-order valence-electron chi connectivity index (χ1n) is 14.5. The Morgan fingerprint density at radius 3 is 2.81 bits per heavy atom. The van der Waals surface area contributed by atoms with Crippen LogP contribution in [-0.4, -0.2) is 85.6 Å². The number of urea groups is 1. The van der Waals surface area contributed by atoms with Gasteiger partial charge in [-0.15, -0.1) is 5.10 Å². The Bertz CT molecular complexity index is 1220. The Hall–Kier alpha value is -2.45. The monoisotopic (exact) mass is 626 g/mol. The third-order valence-corrected chi connectivity index (χ3v) is 11.1. The number of ketones is 1. The van der Waals surface area contributed by atoms with Crippen LogP contribution in [0, 0.1) is 5.92 Å². The number of amides is 2. The summed E-state index contributed by atoms with van der Waals surface area (Å²) in [5.41, 5.74) is 11.9. The highest BCUT2D eigenvalue weighted by Gasteiger charge is 2.43. The number of ether oxygens (including phenoxy) is 1. The molecular weight excluding hydrogens is 583 g/mol. The molecule has 0 spiro atoms. The van der Waals surface area contributed by atoms with Crippen molar-refractivity contribution in [2.45, 2.75) is 101 Å². The molecule has 7 atom stereocenters. The lowest BCUT2D eigenvalue weighted by Gasteiger charge is -2.35. The molecule has 1 unspecified atom stereocenters. The lowest BCUT2D eigenvalue weighted by Crippen LogP contribution is -2.38. The largest absolute Gasteiger partial charge is 0.371 e. The lowest BCUT2D eigenvalue weighted by atomic mass is 9.88. The van der Waals surface area contributed by atoms with Gasteiger partial charge >= 0.3 is 13.6 Å². The third-order valence-electron chi connectivity index (χ3n) is 8.04. The number of aryl methyl sites for hydroxylation is 1. The van der Waals surface area contributed by atoms with Crippen molar-refractivity contribution in [3.05, 3.63) is 23.3 Å². The molecule has 14 nitrogen and oxygen atoms in total. The van der Waals surface area contributed by atoms with E-state index in [1.54, 1.807) is 28.7 Å². The van der Waals surface area contributed by atoms with Crippen LogP contribution >= 0.6 is 19.4 Å². The second kappa shape index (κ2) is 14.3. The third kappa shape index (κ3) is 8.34. The number of nitrogens with two attached hydrogens (primary N) is 2. The fourth-order valence-corrected chi connectivity index (χ4v) is 8.28. The summed E-state index contributed by atoms with van der Waals surface area (Å²) in [7, 11) is -4.16. The molecule has 2 fully saturated rings. The minimum atomic E-state index is -4.16. The number of nitrogens with zero attached hydrogens (tertiary/aromatic N) is 4. The summed E-state index contributed by atoms with van der Waals surface area (Å²) < 4.78 is 26.6. The Kier molecular flexibility index (Phi) is 11.1. The average Bonchev–Trinajstić information content (AvgIpc) is 3.64. The molecule has 4 rings (SSSR count). The van der Waals surface area contributed by atoms with Crippen molar-refractivity contribution >= 4 is 37.1 Å². The maximum absolute atomic E-state index is 13.3. The van der Waals surface area contributed by atoms with E-state index in [1.807, 2.05) is 20.8 Å². The fourth-order valence-electron chi connectivity index (χ4n) is 5.51. The molecule has 0 radical (unpaired) electrons. The van der Waals surface area contributed by atoms with Crippen LogP contribution in [0.1, 0.15) is 58.6 Å². The summed E-state index contributed by atoms with van der Waals surface area (Å²) in [5.74, 6) is 0.721. The van der Waals surface area contributed by atoms with E-state index in [0.29, 0.717) is 25.1 Å². The van der Waals surface area contributed by atoms with E-state index in [9.17, 15) is 19.0 Å². The van der Waals surface area contributed by atoms with Gasteiger partial charge in [-0.1, -0.05) is 26.0 Å². The zero-order valence-electron chi connectivity index (χ0n) is 24.3. The van der Waals surface area contributed by atoms with Crippen LogP contribution in [0.15, 0.2) is 22.6 Å². The standard InChI is InChI=1S/C26H43N8O6PS/c1-4-18(5-2)40-22-12-19(11-20(15(22)3)29-25(27)28)41(37,38)39-9-7-16-13-34(33-32-16)8-6-17(35)10-23-24-21(14-42-23)30-26(36)31-24/h12-13,15,18,20-24H,4-11,14H2,1-3H3,(H,37,38)(H4,27,28,29)(H2,30,31,36)/t15-,20+,21+,22-,23+,24+/m1/s1. The molecule has 3 aliphatic rings. The fraction of sp³-hybridized carbons (Fsp3) is 0.731. The van der Waals surface area contributed by atoms with E-state index in [-0.39, 0.29) is 71.9 Å². The number of rotatable bonds is 15. The summed E-state index contributed by atoms with van der Waals surface area (Å²) in [6.07, 6.45) is 5.73. The normalized spacial score (nSPS) is 28.5. The van der Waals surface area contributed by atoms with Crippen molar-refractivity contribution in [1.82, 2.24) is 25.6 Å². The number of Topliss-reactive ketones (excluding diaryl/α,β-unsaturated/α-hetero) is 1. The van der Waals surface area contributed by atoms with Crippen LogP contribution in [0.4, 0.5) is 4.79 Å². The maximum atomic E-state index is 13.3. The maximum Gasteiger partial charge on any atom is 0.354 e. The minimum Gasteiger partial charge on any atom is -0.371 e. The van der Waals surface area contributed by atoms with E-state index in [2.05, 4.69) is 25.9 Å². The van der Waals surface area contributed by atoms with Crippen LogP contribution in [0.2, 0.25) is 0 Å². The van der Waals surface area contributed by atoms with Gasteiger partial charge in [0.1, 0.15) is 5.78 Å². The van der Waals surface area contributed by atoms with Gasteiger partial charge in [0.25, 0.3) is 0 Å². The second-order valence-electron chi connectivity index (χ2n) is 11.1. The highest BCUT2D eigenvalue weighted by atomic mass is 32.2. The smallest absolute Gasteiger partial charge is 0.354 e. The number of fused-ring (bicyclic) bond motifs is 1. The summed E-state index contributed by atoms with van der Waals surface area (Å²) in [6.45, 7) is 6.36. The Balaban J connectivity index is 1.27. The van der Waals surface area contributed by atoms with Gasteiger partial charge in [-0.05, 0) is 18.9 Å². The zero-order chi connectivity index (χ0) is 30.4. The number of carbonyl (C=O) groups excluding carboxylic acids is 2. The summed E-state index contributed by atoms with van der Waals surface area (Å²) in [5, 5.41) is 14.3. The second-order valence-corrected chi connectivity index (χ2v) is 14.2. The molecule has 42 heavy (non-hydrogen) atoms. The number of aliphatic imine (C=N–C) groups is 1. The van der Waals surface area contributed by atoms with Crippen LogP contribution in [-0.2, 0) is 31.6 Å². The number of guanidine groups is 1. The molecule has 2 saturated heterocycles. The van der Waals surface area contributed by atoms with Crippen molar-refractivity contribution in [2.75, 3.05) is 12.4 Å². The molecule has 2 amide bonds. The van der Waals surface area contributed by atoms with Gasteiger partial charge < -0.3 is 36.3 Å². The number of carbonyl (C=O) groups is 2. The zero-order valence-corrected chi connectivity index (χ0v) is 26.1. The molecule has 1 aromatic rings. The number of aromatic nitrogens is 3. The Labute approximate surface area is 250 Å². The molecule has 2 aliphatic heterocycles. The van der Waals surface area contributed by atoms with Gasteiger partial charge in [0.2, 0.25) is 0 Å². The SMILES string of the molecule is CCC(CC)O[C@@H]1C=C(P(=O)(O)OCCc2cn(CCC(=O)C[C@@H]3SC[C@@H]4NC(=O)N[C@@H]43)nn2)C[C@H](N=C(N)N)[C@H]1C. The number of nitrogens with one attached hydrogen (secondary N) is 2. The van der Waals surface area contributed by atoms with E-state index in [4.69, 9.17) is 20.7 Å². The van der Waals surface area contributed by atoms with Crippen molar-refractivity contribution in [2.24, 2.45) is 22.4 Å². The molecule has 3 heterocycles. The molecule has 7 N–H and O–H groups in total. The van der Waals surface area contributed by atoms with Gasteiger partial charge in [-0.25, -0.2) is 9.79 Å². The topological polar surface area (TPSA) is 209 Å². The predicted molar refractivity (Wildman–Crippen MR) is 160 cm³/mol. The highest BCUT2D eigenvalue weighted by molar-refractivity contribution is 8.00. The molecule has 0 bridgehead atoms. The first-order valence-corrected chi connectivity index (χ1v) is 17.1. The quantitative estimate of drug-likeness (QED) is 0.0818. The van der Waals surface area contributed by atoms with Crippen molar-refractivity contribution in [3.8, 4) is 0 Å². The van der Waals surface area contributed by atoms with Crippen LogP contribution < -0.4 is 22.1 Å². The predicted octanol–water partition coefficient (Wildman–Crippen LogP) is 1.68. The van der Waals surface area contributed by atoms with Gasteiger partial charge in [-0.2, -0.15) is 11.8 Å². The number of thioether (sulfide) groups is 1. The molecule has 234 valence electrons. The summed E-state index contributed by atoms with van der Waals surface area (Å²) >= 11 is 1.70. The van der Waals surface area contributed by atoms with E-state index >= 15 is 0 Å².